The monoisotopic (exact) mass is 196 g/mol. The smallest absolute Gasteiger partial charge is 0.0107 e. The summed E-state index contributed by atoms with van der Waals surface area (Å²) in [7, 11) is 0. The summed E-state index contributed by atoms with van der Waals surface area (Å²) in [6.45, 7) is 4.02. The molecule has 14 heavy (non-hydrogen) atoms. The van der Waals surface area contributed by atoms with Crippen molar-refractivity contribution in [2.24, 2.45) is 11.7 Å². The Morgan fingerprint density at radius 2 is 2.14 bits per heavy atom. The predicted molar refractivity (Wildman–Crippen MR) is 62.2 cm³/mol. The zero-order valence-electron chi connectivity index (χ0n) is 9.34. The molecule has 1 saturated carbocycles. The van der Waals surface area contributed by atoms with Crippen LogP contribution in [0.3, 0.4) is 0 Å². The van der Waals surface area contributed by atoms with Gasteiger partial charge in [0.05, 0.1) is 0 Å². The van der Waals surface area contributed by atoms with Crippen molar-refractivity contribution < 1.29 is 0 Å². The summed E-state index contributed by atoms with van der Waals surface area (Å²) in [5, 5.41) is 3.63. The van der Waals surface area contributed by atoms with Gasteiger partial charge in [0.25, 0.3) is 0 Å². The minimum atomic E-state index is 0.680. The summed E-state index contributed by atoms with van der Waals surface area (Å²) < 4.78 is 0. The van der Waals surface area contributed by atoms with Gasteiger partial charge in [-0.3, -0.25) is 0 Å². The fourth-order valence-corrected chi connectivity index (χ4v) is 2.28. The fraction of sp³-hybridized carbons (Fsp3) is 0.833. The van der Waals surface area contributed by atoms with E-state index in [-0.39, 0.29) is 0 Å². The Hall–Kier alpha value is -0.340. The molecule has 2 heteroatoms. The molecular formula is C12H24N2. The van der Waals surface area contributed by atoms with Gasteiger partial charge in [-0.15, -0.1) is 0 Å². The van der Waals surface area contributed by atoms with Gasteiger partial charge in [0.15, 0.2) is 0 Å². The van der Waals surface area contributed by atoms with E-state index in [0.29, 0.717) is 12.0 Å². The Kier molecular flexibility index (Phi) is 5.88. The lowest BCUT2D eigenvalue weighted by Crippen LogP contribution is -2.42. The van der Waals surface area contributed by atoms with Crippen LogP contribution in [0.1, 0.15) is 39.0 Å². The first kappa shape index (κ1) is 11.7. The van der Waals surface area contributed by atoms with E-state index in [2.05, 4.69) is 24.4 Å². The number of rotatable bonds is 5. The van der Waals surface area contributed by atoms with Crippen LogP contribution in [0, 0.1) is 5.92 Å². The van der Waals surface area contributed by atoms with Gasteiger partial charge in [0, 0.05) is 6.04 Å². The van der Waals surface area contributed by atoms with E-state index in [1.54, 1.807) is 0 Å². The largest absolute Gasteiger partial charge is 0.330 e. The summed E-state index contributed by atoms with van der Waals surface area (Å²) >= 11 is 0. The highest BCUT2D eigenvalue weighted by Crippen LogP contribution is 2.23. The van der Waals surface area contributed by atoms with Gasteiger partial charge < -0.3 is 11.1 Å². The van der Waals surface area contributed by atoms with Crippen LogP contribution < -0.4 is 11.1 Å². The third kappa shape index (κ3) is 3.81. The van der Waals surface area contributed by atoms with E-state index in [9.17, 15) is 0 Å². The molecule has 0 bridgehead atoms. The van der Waals surface area contributed by atoms with Crippen LogP contribution in [0.2, 0.25) is 0 Å². The number of nitrogens with one attached hydrogen (secondary N) is 1. The van der Waals surface area contributed by atoms with Crippen molar-refractivity contribution in [3.05, 3.63) is 12.2 Å². The Morgan fingerprint density at radius 1 is 1.36 bits per heavy atom. The van der Waals surface area contributed by atoms with E-state index >= 15 is 0 Å². The topological polar surface area (TPSA) is 38.0 Å². The molecule has 0 saturated heterocycles. The van der Waals surface area contributed by atoms with Crippen LogP contribution in [-0.4, -0.2) is 19.1 Å². The standard InChI is InChI=1S/C12H24N2/c1-2-3-6-9-14-12-8-5-4-7-11(12)10-13/h2-3,11-12,14H,4-10,13H2,1H3/b3-2+. The molecule has 0 aromatic rings. The predicted octanol–water partition coefficient (Wildman–Crippen LogP) is 2.06. The second-order valence-electron chi connectivity index (χ2n) is 4.20. The number of allylic oxidation sites excluding steroid dienone is 1. The highest BCUT2D eigenvalue weighted by molar-refractivity contribution is 4.83. The number of hydrogen-bond donors (Lipinski definition) is 2. The first-order valence-corrected chi connectivity index (χ1v) is 5.93. The summed E-state index contributed by atoms with van der Waals surface area (Å²) in [6.07, 6.45) is 10.8. The molecule has 0 aromatic carbocycles. The first-order chi connectivity index (χ1) is 6.88. The van der Waals surface area contributed by atoms with Crippen LogP contribution in [-0.2, 0) is 0 Å². The summed E-state index contributed by atoms with van der Waals surface area (Å²) in [6, 6.07) is 0.680. The van der Waals surface area contributed by atoms with Crippen molar-refractivity contribution >= 4 is 0 Å². The summed E-state index contributed by atoms with van der Waals surface area (Å²) in [4.78, 5) is 0. The molecule has 1 rings (SSSR count). The minimum Gasteiger partial charge on any atom is -0.330 e. The van der Waals surface area contributed by atoms with Crippen molar-refractivity contribution in [1.29, 1.82) is 0 Å². The van der Waals surface area contributed by atoms with Gasteiger partial charge in [0.1, 0.15) is 0 Å². The number of nitrogens with two attached hydrogens (primary N) is 1. The summed E-state index contributed by atoms with van der Waals surface area (Å²) in [5.74, 6) is 0.717. The Bertz CT molecular complexity index is 166. The maximum absolute atomic E-state index is 5.77. The molecule has 2 atom stereocenters. The molecule has 1 fully saturated rings. The average Bonchev–Trinajstić information content (AvgIpc) is 2.25. The lowest BCUT2D eigenvalue weighted by atomic mass is 9.84. The molecular weight excluding hydrogens is 172 g/mol. The molecule has 2 nitrogen and oxygen atoms in total. The Balaban J connectivity index is 2.19. The van der Waals surface area contributed by atoms with Crippen molar-refractivity contribution in [2.45, 2.75) is 45.1 Å². The van der Waals surface area contributed by atoms with E-state index in [1.165, 1.54) is 25.7 Å². The van der Waals surface area contributed by atoms with Crippen molar-refractivity contribution in [3.63, 3.8) is 0 Å². The third-order valence-corrected chi connectivity index (χ3v) is 3.17. The van der Waals surface area contributed by atoms with Crippen LogP contribution in [0.5, 0.6) is 0 Å². The molecule has 0 amide bonds. The zero-order chi connectivity index (χ0) is 10.2. The van der Waals surface area contributed by atoms with E-state index in [1.807, 2.05) is 0 Å². The van der Waals surface area contributed by atoms with Crippen LogP contribution in [0.25, 0.3) is 0 Å². The third-order valence-electron chi connectivity index (χ3n) is 3.17. The molecule has 1 aliphatic rings. The maximum atomic E-state index is 5.77. The Morgan fingerprint density at radius 3 is 2.86 bits per heavy atom. The highest BCUT2D eigenvalue weighted by atomic mass is 14.9. The van der Waals surface area contributed by atoms with Crippen LogP contribution in [0.15, 0.2) is 12.2 Å². The molecule has 2 unspecified atom stereocenters. The number of hydrogen-bond acceptors (Lipinski definition) is 2. The highest BCUT2D eigenvalue weighted by Gasteiger charge is 2.22. The molecule has 82 valence electrons. The van der Waals surface area contributed by atoms with Gasteiger partial charge in [0.2, 0.25) is 0 Å². The van der Waals surface area contributed by atoms with Gasteiger partial charge in [-0.25, -0.2) is 0 Å². The first-order valence-electron chi connectivity index (χ1n) is 5.93. The van der Waals surface area contributed by atoms with Crippen molar-refractivity contribution in [3.8, 4) is 0 Å². The summed E-state index contributed by atoms with van der Waals surface area (Å²) in [5.41, 5.74) is 5.77. The lowest BCUT2D eigenvalue weighted by Gasteiger charge is -2.31. The fourth-order valence-electron chi connectivity index (χ4n) is 2.28. The molecule has 0 spiro atoms. The van der Waals surface area contributed by atoms with Gasteiger partial charge in [-0.05, 0) is 45.2 Å². The van der Waals surface area contributed by atoms with Crippen LogP contribution in [0.4, 0.5) is 0 Å². The molecule has 0 heterocycles. The molecule has 0 aliphatic heterocycles. The van der Waals surface area contributed by atoms with E-state index in [4.69, 9.17) is 5.73 Å². The quantitative estimate of drug-likeness (QED) is 0.522. The molecule has 3 N–H and O–H groups in total. The van der Waals surface area contributed by atoms with Gasteiger partial charge in [-0.2, -0.15) is 0 Å². The normalized spacial score (nSPS) is 28.4. The Labute approximate surface area is 87.9 Å². The lowest BCUT2D eigenvalue weighted by molar-refractivity contribution is 0.270. The minimum absolute atomic E-state index is 0.680. The average molecular weight is 196 g/mol. The van der Waals surface area contributed by atoms with E-state index in [0.717, 1.165) is 19.5 Å². The second kappa shape index (κ2) is 7.02. The second-order valence-corrected chi connectivity index (χ2v) is 4.20. The van der Waals surface area contributed by atoms with Gasteiger partial charge in [-0.1, -0.05) is 25.0 Å². The zero-order valence-corrected chi connectivity index (χ0v) is 9.34. The van der Waals surface area contributed by atoms with Crippen molar-refractivity contribution in [2.75, 3.05) is 13.1 Å². The van der Waals surface area contributed by atoms with Crippen LogP contribution >= 0.6 is 0 Å². The van der Waals surface area contributed by atoms with E-state index < -0.39 is 0 Å². The maximum Gasteiger partial charge on any atom is 0.0107 e. The van der Waals surface area contributed by atoms with Crippen molar-refractivity contribution in [1.82, 2.24) is 5.32 Å². The molecule has 0 radical (unpaired) electrons. The SMILES string of the molecule is C/C=C/CCNC1CCCCC1CN. The molecule has 0 aromatic heterocycles. The molecule has 1 aliphatic carbocycles. The van der Waals surface area contributed by atoms with Gasteiger partial charge >= 0.3 is 0 Å².